The standard InChI is InChI=1S/C30H43BN2O6/c1-6-28(4)13-24(29(5)17(2)7-9-30(18(3)27(28)36)10-8-23(34)26(29)30)39-25(35)15-33-20-11-19(14-32)21-16-38-31(37)22(21)12-20/h6,11-12,17-18,24,26-27,33,36-37H,1,7-10,13-16,32H2,2-5H3/t17-,18-,24+,26-,27-,28+,29-,30-/m0/s1. The van der Waals surface area contributed by atoms with Gasteiger partial charge in [-0.25, -0.2) is 0 Å². The number of fused-ring (bicyclic) bond motifs is 1. The third kappa shape index (κ3) is 4.28. The van der Waals surface area contributed by atoms with Crippen LogP contribution in [0.3, 0.4) is 0 Å². The summed E-state index contributed by atoms with van der Waals surface area (Å²) < 4.78 is 11.6. The summed E-state index contributed by atoms with van der Waals surface area (Å²) >= 11 is 0. The Bertz CT molecular complexity index is 1180. The molecule has 9 heteroatoms. The number of aliphatic hydroxyl groups is 1. The molecule has 1 aromatic carbocycles. The highest BCUT2D eigenvalue weighted by Crippen LogP contribution is 2.68. The second-order valence-corrected chi connectivity index (χ2v) is 13.0. The largest absolute Gasteiger partial charge is 0.491 e. The maximum atomic E-state index is 13.5. The fourth-order valence-corrected chi connectivity index (χ4v) is 8.57. The van der Waals surface area contributed by atoms with E-state index < -0.39 is 36.1 Å². The number of carbonyl (C=O) groups excluding carboxylic acids is 2. The molecule has 0 amide bonds. The van der Waals surface area contributed by atoms with Crippen LogP contribution >= 0.6 is 0 Å². The van der Waals surface area contributed by atoms with E-state index in [-0.39, 0.29) is 42.0 Å². The van der Waals surface area contributed by atoms with Crippen LogP contribution in [-0.2, 0) is 32.1 Å². The Morgan fingerprint density at radius 1 is 1.33 bits per heavy atom. The van der Waals surface area contributed by atoms with E-state index in [0.717, 1.165) is 30.4 Å². The number of aliphatic hydroxyl groups excluding tert-OH is 1. The minimum Gasteiger partial charge on any atom is -0.460 e. The van der Waals surface area contributed by atoms with Crippen molar-refractivity contribution < 1.29 is 29.1 Å². The normalized spacial score (nSPS) is 39.4. The number of carbonyl (C=O) groups is 2. The first kappa shape index (κ1) is 28.3. The highest BCUT2D eigenvalue weighted by molar-refractivity contribution is 6.61. The SMILES string of the molecule is C=C[C@]1(C)C[C@@H](OC(=O)CNc2cc(CN)c3c(c2)B(O)OC3)[C@@]2(C)[C@@H]3C(=O)CC[C@@]3(CC[C@@H]2C)[C@@H](C)[C@@H]1O. The highest BCUT2D eigenvalue weighted by atomic mass is 16.5. The van der Waals surface area contributed by atoms with Crippen LogP contribution in [0.25, 0.3) is 0 Å². The Hall–Kier alpha value is -2.20. The number of hydrogen-bond acceptors (Lipinski definition) is 8. The van der Waals surface area contributed by atoms with Crippen molar-refractivity contribution in [3.63, 3.8) is 0 Å². The minimum atomic E-state index is -1.02. The van der Waals surface area contributed by atoms with Crippen molar-refractivity contribution in [2.45, 2.75) is 85.2 Å². The van der Waals surface area contributed by atoms with Gasteiger partial charge in [0.25, 0.3) is 0 Å². The van der Waals surface area contributed by atoms with Crippen molar-refractivity contribution >= 4 is 30.0 Å². The topological polar surface area (TPSA) is 131 Å². The third-order valence-corrected chi connectivity index (χ3v) is 11.3. The maximum absolute atomic E-state index is 13.5. The Balaban J connectivity index is 1.44. The first-order valence-corrected chi connectivity index (χ1v) is 14.3. The lowest BCUT2D eigenvalue weighted by Crippen LogP contribution is -2.63. The average molecular weight is 538 g/mol. The number of rotatable bonds is 6. The Morgan fingerprint density at radius 3 is 2.77 bits per heavy atom. The molecule has 0 saturated heterocycles. The van der Waals surface area contributed by atoms with Crippen molar-refractivity contribution in [3.8, 4) is 0 Å². The smallest absolute Gasteiger partial charge is 0.460 e. The van der Waals surface area contributed by atoms with Gasteiger partial charge in [0, 0.05) is 35.4 Å². The Labute approximate surface area is 231 Å². The molecule has 0 unspecified atom stereocenters. The second kappa shape index (κ2) is 10.0. The molecule has 1 heterocycles. The zero-order valence-electron chi connectivity index (χ0n) is 23.7. The zero-order chi connectivity index (χ0) is 28.3. The fraction of sp³-hybridized carbons (Fsp3) is 0.667. The van der Waals surface area contributed by atoms with Crippen molar-refractivity contribution in [1.82, 2.24) is 0 Å². The van der Waals surface area contributed by atoms with Crippen LogP contribution in [0, 0.1) is 34.0 Å². The van der Waals surface area contributed by atoms with Crippen molar-refractivity contribution in [2.24, 2.45) is 39.7 Å². The Morgan fingerprint density at radius 2 is 2.08 bits per heavy atom. The van der Waals surface area contributed by atoms with E-state index in [2.05, 4.69) is 32.7 Å². The van der Waals surface area contributed by atoms with Gasteiger partial charge in [0.15, 0.2) is 0 Å². The van der Waals surface area contributed by atoms with Gasteiger partial charge in [-0.05, 0) is 71.7 Å². The Kier molecular flexibility index (Phi) is 7.28. The predicted molar refractivity (Wildman–Crippen MR) is 150 cm³/mol. The lowest BCUT2D eigenvalue weighted by atomic mass is 9.44. The molecule has 3 saturated carbocycles. The molecule has 3 aliphatic carbocycles. The maximum Gasteiger partial charge on any atom is 0.491 e. The summed E-state index contributed by atoms with van der Waals surface area (Å²) in [6.45, 7) is 13.0. The van der Waals surface area contributed by atoms with Gasteiger partial charge in [0.2, 0.25) is 0 Å². The first-order valence-electron chi connectivity index (χ1n) is 14.3. The summed E-state index contributed by atoms with van der Waals surface area (Å²) in [6.07, 6.45) is 4.04. The van der Waals surface area contributed by atoms with Crippen LogP contribution in [0.2, 0.25) is 0 Å². The minimum absolute atomic E-state index is 0.0713. The van der Waals surface area contributed by atoms with E-state index in [4.69, 9.17) is 15.1 Å². The molecule has 8 atom stereocenters. The van der Waals surface area contributed by atoms with Crippen LogP contribution in [0.15, 0.2) is 24.8 Å². The van der Waals surface area contributed by atoms with E-state index >= 15 is 0 Å². The molecule has 3 fully saturated rings. The summed E-state index contributed by atoms with van der Waals surface area (Å²) in [6, 6.07) is 3.64. The summed E-state index contributed by atoms with van der Waals surface area (Å²) in [5, 5.41) is 25.0. The number of ether oxygens (including phenoxy) is 1. The lowest BCUT2D eigenvalue weighted by Gasteiger charge is -2.61. The number of anilines is 1. The number of nitrogens with two attached hydrogens (primary N) is 1. The molecule has 0 aromatic heterocycles. The number of esters is 1. The molecule has 0 spiro atoms. The van der Waals surface area contributed by atoms with Gasteiger partial charge in [0.05, 0.1) is 12.7 Å². The summed E-state index contributed by atoms with van der Waals surface area (Å²) in [5.41, 5.74) is 7.42. The quantitative estimate of drug-likeness (QED) is 0.247. The van der Waals surface area contributed by atoms with Crippen LogP contribution in [0.1, 0.15) is 70.9 Å². The van der Waals surface area contributed by atoms with E-state index in [1.165, 1.54) is 0 Å². The van der Waals surface area contributed by atoms with E-state index in [1.54, 1.807) is 12.1 Å². The van der Waals surface area contributed by atoms with E-state index in [9.17, 15) is 19.7 Å². The number of Topliss-reactive ketones (excluding diaryl/α,β-unsaturated/α-hetero) is 1. The van der Waals surface area contributed by atoms with Crippen LogP contribution < -0.4 is 16.5 Å². The molecule has 0 radical (unpaired) electrons. The van der Waals surface area contributed by atoms with Gasteiger partial charge in [-0.3, -0.25) is 9.59 Å². The molecule has 212 valence electrons. The summed E-state index contributed by atoms with van der Waals surface area (Å²) in [7, 11) is -1.02. The van der Waals surface area contributed by atoms with Crippen molar-refractivity contribution in [1.29, 1.82) is 0 Å². The van der Waals surface area contributed by atoms with Crippen molar-refractivity contribution in [2.75, 3.05) is 11.9 Å². The average Bonchev–Trinajstić information content (AvgIpc) is 3.48. The number of nitrogens with one attached hydrogen (secondary N) is 1. The van der Waals surface area contributed by atoms with Crippen LogP contribution in [-0.4, -0.2) is 47.8 Å². The molecule has 39 heavy (non-hydrogen) atoms. The monoisotopic (exact) mass is 538 g/mol. The van der Waals surface area contributed by atoms with Crippen molar-refractivity contribution in [3.05, 3.63) is 35.9 Å². The molecular weight excluding hydrogens is 495 g/mol. The van der Waals surface area contributed by atoms with Gasteiger partial charge in [-0.1, -0.05) is 33.8 Å². The second-order valence-electron chi connectivity index (χ2n) is 13.0. The van der Waals surface area contributed by atoms with Gasteiger partial charge in [-0.2, -0.15) is 0 Å². The summed E-state index contributed by atoms with van der Waals surface area (Å²) in [4.78, 5) is 26.9. The first-order chi connectivity index (χ1) is 18.4. The molecule has 8 nitrogen and oxygen atoms in total. The highest BCUT2D eigenvalue weighted by Gasteiger charge is 2.68. The molecular formula is C30H43BN2O6. The predicted octanol–water partition coefficient (Wildman–Crippen LogP) is 2.68. The summed E-state index contributed by atoms with van der Waals surface area (Å²) in [5.74, 6) is -0.360. The van der Waals surface area contributed by atoms with Gasteiger partial charge in [0.1, 0.15) is 18.4 Å². The number of ketones is 1. The number of benzene rings is 1. The molecule has 1 aliphatic heterocycles. The molecule has 2 bridgehead atoms. The molecule has 5 rings (SSSR count). The van der Waals surface area contributed by atoms with Crippen LogP contribution in [0.4, 0.5) is 5.69 Å². The van der Waals surface area contributed by atoms with Gasteiger partial charge >= 0.3 is 13.1 Å². The van der Waals surface area contributed by atoms with Gasteiger partial charge in [-0.15, -0.1) is 6.58 Å². The molecule has 4 aliphatic rings. The molecule has 1 aromatic rings. The zero-order valence-corrected chi connectivity index (χ0v) is 23.7. The van der Waals surface area contributed by atoms with Gasteiger partial charge < -0.3 is 30.6 Å². The van der Waals surface area contributed by atoms with E-state index in [0.29, 0.717) is 30.6 Å². The fourth-order valence-electron chi connectivity index (χ4n) is 8.57. The van der Waals surface area contributed by atoms with E-state index in [1.807, 2.05) is 13.0 Å². The third-order valence-electron chi connectivity index (χ3n) is 11.3. The molecule has 5 N–H and O–H groups in total. The van der Waals surface area contributed by atoms with Crippen LogP contribution in [0.5, 0.6) is 0 Å². The number of hydrogen-bond donors (Lipinski definition) is 4. The lowest BCUT2D eigenvalue weighted by molar-refractivity contribution is -0.205.